The summed E-state index contributed by atoms with van der Waals surface area (Å²) in [6.07, 6.45) is 0. The molecule has 0 bridgehead atoms. The van der Waals surface area contributed by atoms with Gasteiger partial charge in [-0.2, -0.15) is 11.3 Å². The number of guanidine groups is 1. The van der Waals surface area contributed by atoms with E-state index >= 15 is 0 Å². The molecular formula is C14H22N6S. The highest BCUT2D eigenvalue weighted by molar-refractivity contribution is 7.07. The minimum atomic E-state index is 0.451. The van der Waals surface area contributed by atoms with Crippen molar-refractivity contribution in [3.63, 3.8) is 0 Å². The van der Waals surface area contributed by atoms with Crippen LogP contribution < -0.4 is 10.6 Å². The van der Waals surface area contributed by atoms with E-state index in [1.54, 1.807) is 18.4 Å². The standard InChI is InChI=1S/C14H22N6S/c1-10(12-5-6-21-9-12)7-16-14(15-3)17-8-13-19-18-11(2)20(13)4/h5-6,9-10H,7-8H2,1-4H3,(H2,15,16,17). The predicted octanol–water partition coefficient (Wildman–Crippen LogP) is 1.65. The van der Waals surface area contributed by atoms with Crippen molar-refractivity contribution in [3.05, 3.63) is 34.0 Å². The second-order valence-corrected chi connectivity index (χ2v) is 5.77. The van der Waals surface area contributed by atoms with Crippen molar-refractivity contribution in [1.29, 1.82) is 0 Å². The van der Waals surface area contributed by atoms with Crippen LogP contribution in [0.3, 0.4) is 0 Å². The van der Waals surface area contributed by atoms with Crippen LogP contribution in [0.4, 0.5) is 0 Å². The first-order chi connectivity index (χ1) is 10.1. The summed E-state index contributed by atoms with van der Waals surface area (Å²) < 4.78 is 1.97. The average molecular weight is 306 g/mol. The van der Waals surface area contributed by atoms with E-state index in [0.29, 0.717) is 12.5 Å². The largest absolute Gasteiger partial charge is 0.356 e. The molecule has 0 radical (unpaired) electrons. The molecule has 21 heavy (non-hydrogen) atoms. The van der Waals surface area contributed by atoms with Crippen LogP contribution in [-0.4, -0.2) is 34.3 Å². The fourth-order valence-electron chi connectivity index (χ4n) is 1.91. The maximum absolute atomic E-state index is 4.23. The first-order valence-electron chi connectivity index (χ1n) is 6.93. The first kappa shape index (κ1) is 15.5. The van der Waals surface area contributed by atoms with Gasteiger partial charge in [0.05, 0.1) is 6.54 Å². The molecule has 0 aliphatic heterocycles. The summed E-state index contributed by atoms with van der Waals surface area (Å²) in [5.41, 5.74) is 1.35. The van der Waals surface area contributed by atoms with E-state index in [1.165, 1.54) is 5.56 Å². The van der Waals surface area contributed by atoms with Crippen LogP contribution >= 0.6 is 11.3 Å². The topological polar surface area (TPSA) is 67.1 Å². The lowest BCUT2D eigenvalue weighted by molar-refractivity contribution is 0.683. The molecule has 2 aromatic rings. The van der Waals surface area contributed by atoms with Crippen LogP contribution in [-0.2, 0) is 13.6 Å². The van der Waals surface area contributed by atoms with Gasteiger partial charge in [-0.25, -0.2) is 0 Å². The van der Waals surface area contributed by atoms with Crippen molar-refractivity contribution in [2.24, 2.45) is 12.0 Å². The van der Waals surface area contributed by atoms with E-state index in [2.05, 4.69) is 49.6 Å². The van der Waals surface area contributed by atoms with Gasteiger partial charge in [0.15, 0.2) is 11.8 Å². The van der Waals surface area contributed by atoms with Crippen molar-refractivity contribution >= 4 is 17.3 Å². The molecule has 0 aliphatic carbocycles. The second-order valence-electron chi connectivity index (χ2n) is 4.99. The molecular weight excluding hydrogens is 284 g/mol. The number of aromatic nitrogens is 3. The highest BCUT2D eigenvalue weighted by Gasteiger charge is 2.08. The molecule has 6 nitrogen and oxygen atoms in total. The Morgan fingerprint density at radius 2 is 2.24 bits per heavy atom. The summed E-state index contributed by atoms with van der Waals surface area (Å²) in [7, 11) is 3.73. The molecule has 1 unspecified atom stereocenters. The molecule has 0 spiro atoms. The fraction of sp³-hybridized carbons (Fsp3) is 0.500. The molecule has 2 N–H and O–H groups in total. The van der Waals surface area contributed by atoms with E-state index < -0.39 is 0 Å². The third-order valence-corrected chi connectivity index (χ3v) is 4.21. The van der Waals surface area contributed by atoms with E-state index in [0.717, 1.165) is 24.2 Å². The molecule has 0 saturated heterocycles. The second kappa shape index (κ2) is 7.21. The predicted molar refractivity (Wildman–Crippen MR) is 86.7 cm³/mol. The van der Waals surface area contributed by atoms with Crippen molar-refractivity contribution < 1.29 is 0 Å². The number of rotatable bonds is 5. The molecule has 2 rings (SSSR count). The van der Waals surface area contributed by atoms with Crippen LogP contribution in [0.15, 0.2) is 21.8 Å². The lowest BCUT2D eigenvalue weighted by Crippen LogP contribution is -2.39. The molecule has 0 amide bonds. The first-order valence-corrected chi connectivity index (χ1v) is 7.87. The van der Waals surface area contributed by atoms with Gasteiger partial charge in [-0.15, -0.1) is 10.2 Å². The average Bonchev–Trinajstić information content (AvgIpc) is 3.12. The normalized spacial score (nSPS) is 13.2. The van der Waals surface area contributed by atoms with Crippen molar-refractivity contribution in [3.8, 4) is 0 Å². The molecule has 2 heterocycles. The van der Waals surface area contributed by atoms with Crippen LogP contribution in [0, 0.1) is 6.92 Å². The number of nitrogens with one attached hydrogen (secondary N) is 2. The van der Waals surface area contributed by atoms with Gasteiger partial charge < -0.3 is 15.2 Å². The Bertz CT molecular complexity index is 587. The summed E-state index contributed by atoms with van der Waals surface area (Å²) in [5, 5.41) is 19.1. The highest BCUT2D eigenvalue weighted by atomic mass is 32.1. The quantitative estimate of drug-likeness (QED) is 0.651. The van der Waals surface area contributed by atoms with Crippen LogP contribution in [0.5, 0.6) is 0 Å². The van der Waals surface area contributed by atoms with Crippen LogP contribution in [0.2, 0.25) is 0 Å². The number of nitrogens with zero attached hydrogens (tertiary/aromatic N) is 4. The Kier molecular flexibility index (Phi) is 5.32. The number of thiophene rings is 1. The molecule has 0 aromatic carbocycles. The van der Waals surface area contributed by atoms with Crippen LogP contribution in [0.1, 0.15) is 30.1 Å². The summed E-state index contributed by atoms with van der Waals surface area (Å²) >= 11 is 1.73. The molecule has 0 fully saturated rings. The Balaban J connectivity index is 1.82. The van der Waals surface area contributed by atoms with E-state index in [4.69, 9.17) is 0 Å². The number of aryl methyl sites for hydroxylation is 1. The Morgan fingerprint density at radius 3 is 2.81 bits per heavy atom. The summed E-state index contributed by atoms with van der Waals surface area (Å²) in [6.45, 7) is 5.58. The molecule has 2 aromatic heterocycles. The molecule has 0 aliphatic rings. The van der Waals surface area contributed by atoms with Crippen LogP contribution in [0.25, 0.3) is 0 Å². The summed E-state index contributed by atoms with van der Waals surface area (Å²) in [6, 6.07) is 2.16. The fourth-order valence-corrected chi connectivity index (χ4v) is 2.69. The molecule has 114 valence electrons. The molecule has 7 heteroatoms. The zero-order valence-electron chi connectivity index (χ0n) is 12.9. The SMILES string of the molecule is CN=C(NCc1nnc(C)n1C)NCC(C)c1ccsc1. The monoisotopic (exact) mass is 306 g/mol. The smallest absolute Gasteiger partial charge is 0.191 e. The van der Waals surface area contributed by atoms with Crippen molar-refractivity contribution in [2.45, 2.75) is 26.3 Å². The third kappa shape index (κ3) is 4.04. The summed E-state index contributed by atoms with van der Waals surface area (Å²) in [5.74, 6) is 3.02. The summed E-state index contributed by atoms with van der Waals surface area (Å²) in [4.78, 5) is 4.23. The van der Waals surface area contributed by atoms with E-state index in [1.807, 2.05) is 18.5 Å². The van der Waals surface area contributed by atoms with Gasteiger partial charge in [0.2, 0.25) is 0 Å². The minimum Gasteiger partial charge on any atom is -0.356 e. The maximum Gasteiger partial charge on any atom is 0.191 e. The zero-order valence-corrected chi connectivity index (χ0v) is 13.7. The van der Waals surface area contributed by atoms with Gasteiger partial charge in [-0.3, -0.25) is 4.99 Å². The number of hydrogen-bond acceptors (Lipinski definition) is 4. The highest BCUT2D eigenvalue weighted by Crippen LogP contribution is 2.16. The molecule has 1 atom stereocenters. The van der Waals surface area contributed by atoms with E-state index in [-0.39, 0.29) is 0 Å². The van der Waals surface area contributed by atoms with Gasteiger partial charge in [0.25, 0.3) is 0 Å². The van der Waals surface area contributed by atoms with Gasteiger partial charge in [0, 0.05) is 20.6 Å². The Morgan fingerprint density at radius 1 is 1.43 bits per heavy atom. The van der Waals surface area contributed by atoms with Gasteiger partial charge in [0.1, 0.15) is 5.82 Å². The third-order valence-electron chi connectivity index (χ3n) is 3.51. The molecule has 0 saturated carbocycles. The van der Waals surface area contributed by atoms with Gasteiger partial charge >= 0.3 is 0 Å². The zero-order chi connectivity index (χ0) is 15.2. The van der Waals surface area contributed by atoms with Gasteiger partial charge in [-0.1, -0.05) is 6.92 Å². The Hall–Kier alpha value is -1.89. The lowest BCUT2D eigenvalue weighted by Gasteiger charge is -2.15. The van der Waals surface area contributed by atoms with Crippen molar-refractivity contribution in [2.75, 3.05) is 13.6 Å². The van der Waals surface area contributed by atoms with E-state index in [9.17, 15) is 0 Å². The lowest BCUT2D eigenvalue weighted by atomic mass is 10.1. The number of aliphatic imine (C=N–C) groups is 1. The Labute approximate surface area is 129 Å². The van der Waals surface area contributed by atoms with Crippen molar-refractivity contribution in [1.82, 2.24) is 25.4 Å². The maximum atomic E-state index is 4.23. The minimum absolute atomic E-state index is 0.451. The van der Waals surface area contributed by atoms with Gasteiger partial charge in [-0.05, 0) is 35.2 Å². The number of hydrogen-bond donors (Lipinski definition) is 2.